The Morgan fingerprint density at radius 1 is 0.484 bits per heavy atom. The van der Waals surface area contributed by atoms with Crippen molar-refractivity contribution in [1.82, 2.24) is 0 Å². The van der Waals surface area contributed by atoms with Gasteiger partial charge in [0.2, 0.25) is 0 Å². The summed E-state index contributed by atoms with van der Waals surface area (Å²) in [5.74, 6) is -1.72. The molecule has 0 N–H and O–H groups in total. The second-order valence-corrected chi connectivity index (χ2v) is 19.1. The fourth-order valence-corrected chi connectivity index (χ4v) is 8.01. The summed E-state index contributed by atoms with van der Waals surface area (Å²) < 4.78 is 17.3. The van der Waals surface area contributed by atoms with Gasteiger partial charge in [0, 0.05) is 19.3 Å². The Morgan fingerprint density at radius 2 is 0.839 bits per heavy atom. The first-order valence-electron chi connectivity index (χ1n) is 26.4. The Balaban J connectivity index is 4.21. The van der Waals surface area contributed by atoms with Crippen molar-refractivity contribution in [2.75, 3.05) is 41.0 Å². The summed E-state index contributed by atoms with van der Waals surface area (Å²) in [6.07, 6.45) is 52.0. The molecule has 0 heterocycles. The van der Waals surface area contributed by atoms with E-state index in [0.29, 0.717) is 12.8 Å². The van der Waals surface area contributed by atoms with E-state index in [9.17, 15) is 19.5 Å². The van der Waals surface area contributed by atoms with E-state index < -0.39 is 18.1 Å². The SMILES string of the molecule is CCCCCC/C=C/C=C/CCCCCCCCCCCCC(=O)OC(COCCC(C(=O)[O-])[N+](C)(C)C)COC(=O)CCCCCCCCCCCCCCCCCCCC. The van der Waals surface area contributed by atoms with Crippen LogP contribution in [-0.4, -0.2) is 75.5 Å². The average Bonchev–Trinajstić information content (AvgIpc) is 3.23. The molecule has 2 atom stereocenters. The number of hydrogen-bond donors (Lipinski definition) is 0. The minimum absolute atomic E-state index is 0.0441. The molecule has 0 fully saturated rings. The molecule has 0 bridgehead atoms. The zero-order chi connectivity index (χ0) is 45.6. The molecule has 0 radical (unpaired) electrons. The summed E-state index contributed by atoms with van der Waals surface area (Å²) in [6.45, 7) is 4.69. The normalized spacial score (nSPS) is 13.0. The molecule has 8 heteroatoms. The van der Waals surface area contributed by atoms with E-state index in [4.69, 9.17) is 14.2 Å². The predicted octanol–water partition coefficient (Wildman–Crippen LogP) is 13.9. The molecule has 8 nitrogen and oxygen atoms in total. The molecule has 0 aliphatic rings. The molecule has 0 aromatic carbocycles. The summed E-state index contributed by atoms with van der Waals surface area (Å²) in [7, 11) is 5.42. The number of unbranched alkanes of at least 4 members (excludes halogenated alkanes) is 31. The quantitative estimate of drug-likeness (QED) is 0.0260. The number of nitrogens with zero attached hydrogens (tertiary/aromatic N) is 1. The van der Waals surface area contributed by atoms with Gasteiger partial charge in [0.25, 0.3) is 0 Å². The van der Waals surface area contributed by atoms with Gasteiger partial charge in [-0.05, 0) is 38.5 Å². The van der Waals surface area contributed by atoms with Crippen LogP contribution in [0, 0.1) is 0 Å². The number of quaternary nitrogens is 1. The Bertz CT molecular complexity index is 1070. The van der Waals surface area contributed by atoms with Gasteiger partial charge in [0.05, 0.1) is 40.3 Å². The number of ether oxygens (including phenoxy) is 3. The van der Waals surface area contributed by atoms with Crippen LogP contribution in [0.5, 0.6) is 0 Å². The van der Waals surface area contributed by atoms with Gasteiger partial charge < -0.3 is 28.6 Å². The van der Waals surface area contributed by atoms with Crippen LogP contribution in [0.4, 0.5) is 0 Å². The molecule has 0 saturated heterocycles. The summed E-state index contributed by atoms with van der Waals surface area (Å²) in [6, 6.07) is -0.724. The number of carboxylic acid groups (broad SMARTS) is 1. The Labute approximate surface area is 383 Å². The van der Waals surface area contributed by atoms with Crippen molar-refractivity contribution in [2.24, 2.45) is 0 Å². The van der Waals surface area contributed by atoms with Crippen molar-refractivity contribution < 1.29 is 38.2 Å². The van der Waals surface area contributed by atoms with E-state index in [1.807, 2.05) is 21.1 Å². The molecular formula is C54H101NO7. The van der Waals surface area contributed by atoms with Crippen LogP contribution in [0.25, 0.3) is 0 Å². The summed E-state index contributed by atoms with van der Waals surface area (Å²) in [5.41, 5.74) is 0. The van der Waals surface area contributed by atoms with Crippen molar-refractivity contribution in [1.29, 1.82) is 0 Å². The lowest BCUT2D eigenvalue weighted by molar-refractivity contribution is -0.889. The smallest absolute Gasteiger partial charge is 0.306 e. The van der Waals surface area contributed by atoms with Crippen LogP contribution >= 0.6 is 0 Å². The number of aliphatic carboxylic acids is 1. The van der Waals surface area contributed by atoms with Crippen LogP contribution in [0.1, 0.15) is 251 Å². The predicted molar refractivity (Wildman–Crippen MR) is 259 cm³/mol. The lowest BCUT2D eigenvalue weighted by Gasteiger charge is -2.34. The van der Waals surface area contributed by atoms with E-state index >= 15 is 0 Å². The number of hydrogen-bond acceptors (Lipinski definition) is 7. The van der Waals surface area contributed by atoms with Crippen LogP contribution in [0.2, 0.25) is 0 Å². The van der Waals surface area contributed by atoms with Crippen molar-refractivity contribution in [2.45, 2.75) is 264 Å². The second-order valence-electron chi connectivity index (χ2n) is 19.1. The van der Waals surface area contributed by atoms with Crippen LogP contribution in [0.15, 0.2) is 24.3 Å². The first-order chi connectivity index (χ1) is 30.1. The first kappa shape index (κ1) is 59.8. The summed E-state index contributed by atoms with van der Waals surface area (Å²) in [4.78, 5) is 37.1. The number of carboxylic acids is 1. The van der Waals surface area contributed by atoms with Crippen molar-refractivity contribution >= 4 is 17.9 Å². The number of carbonyl (C=O) groups is 3. The van der Waals surface area contributed by atoms with Crippen LogP contribution in [-0.2, 0) is 28.6 Å². The lowest BCUT2D eigenvalue weighted by atomic mass is 10.0. The average molecular weight is 876 g/mol. The van der Waals surface area contributed by atoms with E-state index in [2.05, 4.69) is 38.2 Å². The fourth-order valence-electron chi connectivity index (χ4n) is 8.01. The van der Waals surface area contributed by atoms with Gasteiger partial charge in [0.15, 0.2) is 6.10 Å². The number of esters is 2. The van der Waals surface area contributed by atoms with Gasteiger partial charge in [-0.1, -0.05) is 218 Å². The summed E-state index contributed by atoms with van der Waals surface area (Å²) >= 11 is 0. The molecule has 0 aromatic rings. The third-order valence-electron chi connectivity index (χ3n) is 12.1. The fraction of sp³-hybridized carbons (Fsp3) is 0.870. The molecule has 0 aliphatic carbocycles. The number of allylic oxidation sites excluding steroid dienone is 4. The van der Waals surface area contributed by atoms with E-state index in [0.717, 1.165) is 38.5 Å². The van der Waals surface area contributed by atoms with Crippen molar-refractivity contribution in [3.05, 3.63) is 24.3 Å². The first-order valence-corrected chi connectivity index (χ1v) is 26.4. The number of rotatable bonds is 48. The highest BCUT2D eigenvalue weighted by atomic mass is 16.6. The number of likely N-dealkylation sites (N-methyl/N-ethyl adjacent to an activating group) is 1. The van der Waals surface area contributed by atoms with E-state index in [1.165, 1.54) is 180 Å². The van der Waals surface area contributed by atoms with Gasteiger partial charge in [0.1, 0.15) is 12.6 Å². The Morgan fingerprint density at radius 3 is 1.23 bits per heavy atom. The second kappa shape index (κ2) is 45.4. The third kappa shape index (κ3) is 43.1. The monoisotopic (exact) mass is 876 g/mol. The van der Waals surface area contributed by atoms with Gasteiger partial charge in [-0.3, -0.25) is 9.59 Å². The van der Waals surface area contributed by atoms with Crippen molar-refractivity contribution in [3.8, 4) is 0 Å². The zero-order valence-electron chi connectivity index (χ0n) is 41.6. The molecule has 0 amide bonds. The molecule has 0 spiro atoms. The van der Waals surface area contributed by atoms with Gasteiger partial charge >= 0.3 is 11.9 Å². The molecule has 0 saturated carbocycles. The molecular weight excluding hydrogens is 775 g/mol. The molecule has 364 valence electrons. The standard InChI is InChI=1S/C54H101NO7/c1-6-8-10-12-14-16-18-20-22-24-26-27-29-31-33-35-37-39-41-43-45-53(57)62-50(48-60-47-46-51(54(58)59)55(3,4)5)49-61-52(56)44-42-40-38-36-34-32-30-28-25-23-21-19-17-15-13-11-9-7-2/h16,18,20,22,50-51H,6-15,17,19,21,23-49H2,1-5H3/b18-16+,22-20+. The Kier molecular flexibility index (Phi) is 43.8. The molecule has 0 aliphatic heterocycles. The van der Waals surface area contributed by atoms with E-state index in [1.54, 1.807) is 0 Å². The molecule has 2 unspecified atom stereocenters. The maximum Gasteiger partial charge on any atom is 0.306 e. The minimum atomic E-state index is -1.12. The third-order valence-corrected chi connectivity index (χ3v) is 12.1. The zero-order valence-corrected chi connectivity index (χ0v) is 41.6. The molecule has 62 heavy (non-hydrogen) atoms. The topological polar surface area (TPSA) is 102 Å². The molecule has 0 aromatic heterocycles. The largest absolute Gasteiger partial charge is 0.544 e. The number of carbonyl (C=O) groups excluding carboxylic acids is 3. The highest BCUT2D eigenvalue weighted by Gasteiger charge is 2.25. The minimum Gasteiger partial charge on any atom is -0.544 e. The highest BCUT2D eigenvalue weighted by Crippen LogP contribution is 2.16. The van der Waals surface area contributed by atoms with Crippen molar-refractivity contribution in [3.63, 3.8) is 0 Å². The van der Waals surface area contributed by atoms with E-state index in [-0.39, 0.29) is 42.7 Å². The Hall–Kier alpha value is -2.19. The highest BCUT2D eigenvalue weighted by molar-refractivity contribution is 5.70. The maximum atomic E-state index is 12.8. The molecule has 0 rings (SSSR count). The van der Waals surface area contributed by atoms with Crippen LogP contribution < -0.4 is 5.11 Å². The lowest BCUT2D eigenvalue weighted by Crippen LogP contribution is -2.55. The van der Waals surface area contributed by atoms with Gasteiger partial charge in [-0.15, -0.1) is 0 Å². The summed E-state index contributed by atoms with van der Waals surface area (Å²) in [5, 5.41) is 11.7. The van der Waals surface area contributed by atoms with Crippen LogP contribution in [0.3, 0.4) is 0 Å². The maximum absolute atomic E-state index is 12.8. The van der Waals surface area contributed by atoms with Gasteiger partial charge in [-0.25, -0.2) is 0 Å². The van der Waals surface area contributed by atoms with Gasteiger partial charge in [-0.2, -0.15) is 0 Å².